The zero-order valence-electron chi connectivity index (χ0n) is 18.5. The van der Waals surface area contributed by atoms with Crippen molar-refractivity contribution in [1.29, 1.82) is 0 Å². The molecule has 0 fully saturated rings. The lowest BCUT2D eigenvalue weighted by Gasteiger charge is -2.47. The van der Waals surface area contributed by atoms with Crippen molar-refractivity contribution in [3.63, 3.8) is 0 Å². The van der Waals surface area contributed by atoms with E-state index in [9.17, 15) is 4.79 Å². The number of rotatable bonds is 5. The lowest BCUT2D eigenvalue weighted by molar-refractivity contribution is 0.0601. The summed E-state index contributed by atoms with van der Waals surface area (Å²) in [4.78, 5) is 19.0. The van der Waals surface area contributed by atoms with Crippen LogP contribution in [0.15, 0.2) is 41.4 Å². The number of aliphatic imine (C=N–C) groups is 1. The number of methoxy groups -OCH3 is 1. The van der Waals surface area contributed by atoms with Crippen LogP contribution in [0.1, 0.15) is 73.5 Å². The Morgan fingerprint density at radius 3 is 2.72 bits per heavy atom. The number of nitrogens with zero attached hydrogens (tertiary/aromatic N) is 2. The average Bonchev–Trinajstić information content (AvgIpc) is 2.69. The molecule has 0 bridgehead atoms. The standard InChI is InChI=1S/C25H32N2O2/c1-7-12-27-23-11-9-19(13-21(23)18(3)15-25(27,4)5)16-26-22-14-20(24(28)29-6)10-8-17(22)2/h8-11,13-14,16,18H,7,12,15H2,1-6H3. The summed E-state index contributed by atoms with van der Waals surface area (Å²) in [6.07, 6.45) is 4.16. The first kappa shape index (κ1) is 21.1. The van der Waals surface area contributed by atoms with E-state index in [-0.39, 0.29) is 11.5 Å². The van der Waals surface area contributed by atoms with E-state index < -0.39 is 0 Å². The third-order valence-electron chi connectivity index (χ3n) is 5.84. The van der Waals surface area contributed by atoms with Gasteiger partial charge in [0.1, 0.15) is 0 Å². The van der Waals surface area contributed by atoms with Crippen LogP contribution in [0.4, 0.5) is 11.4 Å². The van der Waals surface area contributed by atoms with Crippen molar-refractivity contribution in [2.75, 3.05) is 18.6 Å². The minimum Gasteiger partial charge on any atom is -0.465 e. The molecule has 0 saturated heterocycles. The summed E-state index contributed by atoms with van der Waals surface area (Å²) in [5.74, 6) is 0.161. The molecule has 0 aromatic heterocycles. The van der Waals surface area contributed by atoms with Gasteiger partial charge in [0.25, 0.3) is 0 Å². The first-order valence-corrected chi connectivity index (χ1v) is 10.4. The van der Waals surface area contributed by atoms with E-state index in [0.29, 0.717) is 11.5 Å². The van der Waals surface area contributed by atoms with Gasteiger partial charge >= 0.3 is 5.97 Å². The third-order valence-corrected chi connectivity index (χ3v) is 5.84. The molecule has 0 aliphatic carbocycles. The highest BCUT2D eigenvalue weighted by Crippen LogP contribution is 2.43. The summed E-state index contributed by atoms with van der Waals surface area (Å²) in [5, 5.41) is 0. The van der Waals surface area contributed by atoms with Crippen LogP contribution in [0.2, 0.25) is 0 Å². The fraction of sp³-hybridized carbons (Fsp3) is 0.440. The summed E-state index contributed by atoms with van der Waals surface area (Å²) in [6.45, 7) is 12.3. The number of fused-ring (bicyclic) bond motifs is 1. The van der Waals surface area contributed by atoms with Gasteiger partial charge in [-0.15, -0.1) is 0 Å². The van der Waals surface area contributed by atoms with Crippen LogP contribution in [0.5, 0.6) is 0 Å². The van der Waals surface area contributed by atoms with Gasteiger partial charge in [-0.2, -0.15) is 0 Å². The van der Waals surface area contributed by atoms with Crippen molar-refractivity contribution in [3.8, 4) is 0 Å². The van der Waals surface area contributed by atoms with Gasteiger partial charge < -0.3 is 9.64 Å². The first-order valence-electron chi connectivity index (χ1n) is 10.4. The monoisotopic (exact) mass is 392 g/mol. The van der Waals surface area contributed by atoms with Gasteiger partial charge in [0.15, 0.2) is 0 Å². The third kappa shape index (κ3) is 4.36. The van der Waals surface area contributed by atoms with Gasteiger partial charge in [-0.3, -0.25) is 4.99 Å². The molecule has 1 aliphatic heterocycles. The Morgan fingerprint density at radius 1 is 1.28 bits per heavy atom. The maximum Gasteiger partial charge on any atom is 0.337 e. The number of benzene rings is 2. The van der Waals surface area contributed by atoms with E-state index in [1.165, 1.54) is 18.4 Å². The maximum atomic E-state index is 11.8. The van der Waals surface area contributed by atoms with Gasteiger partial charge in [-0.25, -0.2) is 4.79 Å². The summed E-state index contributed by atoms with van der Waals surface area (Å²) in [5.41, 5.74) is 6.31. The molecule has 0 amide bonds. The molecule has 2 aromatic rings. The molecule has 4 nitrogen and oxygen atoms in total. The van der Waals surface area contributed by atoms with Crippen molar-refractivity contribution in [3.05, 3.63) is 58.7 Å². The maximum absolute atomic E-state index is 11.8. The highest BCUT2D eigenvalue weighted by atomic mass is 16.5. The SMILES string of the molecule is CCCN1c2ccc(C=Nc3cc(C(=O)OC)ccc3C)cc2C(C)CC1(C)C. The van der Waals surface area contributed by atoms with Crippen molar-refractivity contribution in [2.45, 2.75) is 58.9 Å². The van der Waals surface area contributed by atoms with Gasteiger partial charge in [0, 0.05) is 24.0 Å². The second-order valence-corrected chi connectivity index (χ2v) is 8.64. The fourth-order valence-corrected chi connectivity index (χ4v) is 4.37. The molecule has 29 heavy (non-hydrogen) atoms. The second kappa shape index (κ2) is 8.40. The molecule has 1 atom stereocenters. The van der Waals surface area contributed by atoms with Crippen molar-refractivity contribution in [1.82, 2.24) is 0 Å². The zero-order chi connectivity index (χ0) is 21.2. The Morgan fingerprint density at radius 2 is 2.03 bits per heavy atom. The second-order valence-electron chi connectivity index (χ2n) is 8.64. The largest absolute Gasteiger partial charge is 0.465 e. The lowest BCUT2D eigenvalue weighted by Crippen LogP contribution is -2.48. The van der Waals surface area contributed by atoms with Crippen molar-refractivity contribution in [2.24, 2.45) is 4.99 Å². The van der Waals surface area contributed by atoms with Crippen LogP contribution in [-0.4, -0.2) is 31.4 Å². The fourth-order valence-electron chi connectivity index (χ4n) is 4.37. The molecule has 4 heteroatoms. The number of hydrogen-bond donors (Lipinski definition) is 0. The topological polar surface area (TPSA) is 41.9 Å². The average molecular weight is 393 g/mol. The molecular weight excluding hydrogens is 360 g/mol. The number of ether oxygens (including phenoxy) is 1. The zero-order valence-corrected chi connectivity index (χ0v) is 18.5. The Kier molecular flexibility index (Phi) is 6.11. The number of aryl methyl sites for hydroxylation is 1. The number of carbonyl (C=O) groups excluding carboxylic acids is 1. The Balaban J connectivity index is 1.93. The van der Waals surface area contributed by atoms with Gasteiger partial charge in [-0.1, -0.05) is 26.0 Å². The Bertz CT molecular complexity index is 930. The van der Waals surface area contributed by atoms with E-state index in [1.54, 1.807) is 12.1 Å². The minimum absolute atomic E-state index is 0.170. The van der Waals surface area contributed by atoms with Crippen LogP contribution in [0, 0.1) is 6.92 Å². The lowest BCUT2D eigenvalue weighted by atomic mass is 9.79. The number of hydrogen-bond acceptors (Lipinski definition) is 4. The van der Waals surface area contributed by atoms with Crippen molar-refractivity contribution < 1.29 is 9.53 Å². The minimum atomic E-state index is -0.345. The van der Waals surface area contributed by atoms with Gasteiger partial charge in [0.05, 0.1) is 18.4 Å². The number of anilines is 1. The van der Waals surface area contributed by atoms with Gasteiger partial charge in [0.2, 0.25) is 0 Å². The first-order chi connectivity index (χ1) is 13.8. The van der Waals surface area contributed by atoms with Crippen LogP contribution in [-0.2, 0) is 4.74 Å². The van der Waals surface area contributed by atoms with Gasteiger partial charge in [-0.05, 0) is 80.5 Å². The Hall–Kier alpha value is -2.62. The van der Waals surface area contributed by atoms with E-state index in [1.807, 2.05) is 19.2 Å². The summed E-state index contributed by atoms with van der Waals surface area (Å²) in [6, 6.07) is 12.1. The molecule has 0 N–H and O–H groups in total. The van der Waals surface area contributed by atoms with Crippen LogP contribution in [0.25, 0.3) is 0 Å². The van der Waals surface area contributed by atoms with E-state index in [0.717, 1.165) is 36.2 Å². The molecule has 0 saturated carbocycles. The number of carbonyl (C=O) groups is 1. The molecule has 3 rings (SSSR count). The van der Waals surface area contributed by atoms with E-state index >= 15 is 0 Å². The highest BCUT2D eigenvalue weighted by molar-refractivity contribution is 5.91. The molecular formula is C25H32N2O2. The number of esters is 1. The Labute approximate surface area is 174 Å². The molecule has 1 aliphatic rings. The summed E-state index contributed by atoms with van der Waals surface area (Å²) >= 11 is 0. The summed E-state index contributed by atoms with van der Waals surface area (Å²) in [7, 11) is 1.39. The normalized spacial score (nSPS) is 18.0. The quantitative estimate of drug-likeness (QED) is 0.460. The molecule has 0 radical (unpaired) electrons. The van der Waals surface area contributed by atoms with E-state index in [2.05, 4.69) is 55.8 Å². The smallest absolute Gasteiger partial charge is 0.337 e. The van der Waals surface area contributed by atoms with Crippen LogP contribution >= 0.6 is 0 Å². The predicted molar refractivity (Wildman–Crippen MR) is 121 cm³/mol. The summed E-state index contributed by atoms with van der Waals surface area (Å²) < 4.78 is 4.82. The highest BCUT2D eigenvalue weighted by Gasteiger charge is 2.35. The molecule has 0 spiro atoms. The molecule has 1 unspecified atom stereocenters. The van der Waals surface area contributed by atoms with Crippen LogP contribution < -0.4 is 4.90 Å². The predicted octanol–water partition coefficient (Wildman–Crippen LogP) is 6.03. The van der Waals surface area contributed by atoms with Crippen LogP contribution in [0.3, 0.4) is 0 Å². The van der Waals surface area contributed by atoms with E-state index in [4.69, 9.17) is 4.74 Å². The molecule has 2 aromatic carbocycles. The molecule has 154 valence electrons. The van der Waals surface area contributed by atoms with Crippen molar-refractivity contribution >= 4 is 23.6 Å². The molecule has 1 heterocycles.